The molecule has 2 aromatic rings. The van der Waals surface area contributed by atoms with E-state index in [2.05, 4.69) is 19.1 Å². The fourth-order valence-electron chi connectivity index (χ4n) is 1.90. The molecule has 0 aromatic heterocycles. The first-order valence-corrected chi connectivity index (χ1v) is 6.85. The lowest BCUT2D eigenvalue weighted by Gasteiger charge is -2.09. The molecule has 19 heavy (non-hydrogen) atoms. The van der Waals surface area contributed by atoms with Crippen LogP contribution in [0.2, 0.25) is 0 Å². The average Bonchev–Trinajstić information content (AvgIpc) is 2.47. The molecule has 2 rings (SSSR count). The molecule has 0 amide bonds. The minimum Gasteiger partial charge on any atom is -0.457 e. The second-order valence-electron chi connectivity index (χ2n) is 4.77. The van der Waals surface area contributed by atoms with E-state index in [1.165, 1.54) is 5.56 Å². The van der Waals surface area contributed by atoms with Gasteiger partial charge in [0.05, 0.1) is 0 Å². The topological polar surface area (TPSA) is 35.2 Å². The number of hydrogen-bond acceptors (Lipinski definition) is 2. The third-order valence-corrected chi connectivity index (χ3v) is 3.23. The van der Waals surface area contributed by atoms with Crippen molar-refractivity contribution in [2.24, 2.45) is 5.73 Å². The largest absolute Gasteiger partial charge is 0.457 e. The molecule has 2 aromatic carbocycles. The number of nitrogens with two attached hydrogens (primary N) is 1. The Morgan fingerprint density at radius 3 is 2.21 bits per heavy atom. The Morgan fingerprint density at radius 2 is 1.58 bits per heavy atom. The maximum atomic E-state index is 5.93. The zero-order valence-corrected chi connectivity index (χ0v) is 11.4. The predicted molar refractivity (Wildman–Crippen MR) is 79.5 cm³/mol. The highest BCUT2D eigenvalue weighted by Gasteiger charge is 2.01. The standard InChI is InChI=1S/C17H21NO/c1-2-15(18)11-8-14-9-12-17(13-10-14)19-16-6-4-3-5-7-16/h3-7,9-10,12-13,15H,2,8,11,18H2,1H3. The maximum absolute atomic E-state index is 5.93. The number of rotatable bonds is 6. The number of aryl methyl sites for hydroxylation is 1. The third-order valence-electron chi connectivity index (χ3n) is 3.23. The lowest BCUT2D eigenvalue weighted by Crippen LogP contribution is -2.18. The molecule has 0 heterocycles. The zero-order valence-electron chi connectivity index (χ0n) is 11.4. The van der Waals surface area contributed by atoms with Crippen LogP contribution >= 0.6 is 0 Å². The molecule has 1 atom stereocenters. The Hall–Kier alpha value is -1.80. The van der Waals surface area contributed by atoms with Crippen molar-refractivity contribution >= 4 is 0 Å². The smallest absolute Gasteiger partial charge is 0.127 e. The van der Waals surface area contributed by atoms with E-state index in [9.17, 15) is 0 Å². The summed E-state index contributed by atoms with van der Waals surface area (Å²) < 4.78 is 5.76. The molecule has 2 N–H and O–H groups in total. The number of hydrogen-bond donors (Lipinski definition) is 1. The van der Waals surface area contributed by atoms with Crippen LogP contribution in [0.3, 0.4) is 0 Å². The fourth-order valence-corrected chi connectivity index (χ4v) is 1.90. The summed E-state index contributed by atoms with van der Waals surface area (Å²) in [6.07, 6.45) is 3.10. The van der Waals surface area contributed by atoms with E-state index in [1.807, 2.05) is 42.5 Å². The summed E-state index contributed by atoms with van der Waals surface area (Å²) in [5, 5.41) is 0. The normalized spacial score (nSPS) is 12.1. The van der Waals surface area contributed by atoms with E-state index in [4.69, 9.17) is 10.5 Å². The average molecular weight is 255 g/mol. The lowest BCUT2D eigenvalue weighted by molar-refractivity contribution is 0.482. The molecule has 0 aliphatic rings. The van der Waals surface area contributed by atoms with Crippen LogP contribution in [0.25, 0.3) is 0 Å². The second kappa shape index (κ2) is 6.95. The third kappa shape index (κ3) is 4.42. The molecule has 0 saturated carbocycles. The molecule has 0 spiro atoms. The minimum absolute atomic E-state index is 0.306. The Morgan fingerprint density at radius 1 is 0.947 bits per heavy atom. The first kappa shape index (κ1) is 13.6. The van der Waals surface area contributed by atoms with Gasteiger partial charge in [0.1, 0.15) is 11.5 Å². The van der Waals surface area contributed by atoms with Crippen LogP contribution in [0.1, 0.15) is 25.3 Å². The van der Waals surface area contributed by atoms with Crippen LogP contribution in [0.15, 0.2) is 54.6 Å². The molecule has 1 unspecified atom stereocenters. The van der Waals surface area contributed by atoms with Crippen LogP contribution in [-0.4, -0.2) is 6.04 Å². The quantitative estimate of drug-likeness (QED) is 0.841. The molecule has 2 nitrogen and oxygen atoms in total. The number of benzene rings is 2. The van der Waals surface area contributed by atoms with Gasteiger partial charge in [-0.15, -0.1) is 0 Å². The summed E-state index contributed by atoms with van der Waals surface area (Å²) in [6.45, 7) is 2.13. The Labute approximate surface area is 115 Å². The van der Waals surface area contributed by atoms with E-state index in [1.54, 1.807) is 0 Å². The van der Waals surface area contributed by atoms with E-state index >= 15 is 0 Å². The first-order valence-electron chi connectivity index (χ1n) is 6.85. The molecular formula is C17H21NO. The minimum atomic E-state index is 0.306. The molecule has 2 heteroatoms. The van der Waals surface area contributed by atoms with Crippen LogP contribution in [0, 0.1) is 0 Å². The first-order chi connectivity index (χ1) is 9.28. The Kier molecular flexibility index (Phi) is 4.99. The summed E-state index contributed by atoms with van der Waals surface area (Å²) in [6, 6.07) is 18.4. The van der Waals surface area contributed by atoms with Gasteiger partial charge in [-0.3, -0.25) is 0 Å². The summed E-state index contributed by atoms with van der Waals surface area (Å²) >= 11 is 0. The van der Waals surface area contributed by atoms with Crippen LogP contribution < -0.4 is 10.5 Å². The van der Waals surface area contributed by atoms with Gasteiger partial charge in [0.25, 0.3) is 0 Å². The van der Waals surface area contributed by atoms with Gasteiger partial charge in [0.15, 0.2) is 0 Å². The van der Waals surface area contributed by atoms with Gasteiger partial charge >= 0.3 is 0 Å². The van der Waals surface area contributed by atoms with Crippen LogP contribution in [0.5, 0.6) is 11.5 Å². The molecule has 0 aliphatic carbocycles. The van der Waals surface area contributed by atoms with Gasteiger partial charge in [-0.25, -0.2) is 0 Å². The van der Waals surface area contributed by atoms with Crippen molar-refractivity contribution in [1.82, 2.24) is 0 Å². The summed E-state index contributed by atoms with van der Waals surface area (Å²) in [5.41, 5.74) is 7.24. The zero-order chi connectivity index (χ0) is 13.5. The molecule has 0 bridgehead atoms. The highest BCUT2D eigenvalue weighted by atomic mass is 16.5. The van der Waals surface area contributed by atoms with E-state index in [0.717, 1.165) is 30.8 Å². The summed E-state index contributed by atoms with van der Waals surface area (Å²) in [5.74, 6) is 1.73. The summed E-state index contributed by atoms with van der Waals surface area (Å²) in [7, 11) is 0. The van der Waals surface area contributed by atoms with Gasteiger partial charge < -0.3 is 10.5 Å². The van der Waals surface area contributed by atoms with Gasteiger partial charge in [-0.05, 0) is 49.1 Å². The van der Waals surface area contributed by atoms with Crippen molar-refractivity contribution in [3.63, 3.8) is 0 Å². The maximum Gasteiger partial charge on any atom is 0.127 e. The SMILES string of the molecule is CCC(N)CCc1ccc(Oc2ccccc2)cc1. The Balaban J connectivity index is 1.91. The predicted octanol–water partition coefficient (Wildman–Crippen LogP) is 4.15. The lowest BCUT2D eigenvalue weighted by atomic mass is 10.0. The van der Waals surface area contributed by atoms with E-state index < -0.39 is 0 Å². The molecule has 100 valence electrons. The Bertz CT molecular complexity index is 478. The van der Waals surface area contributed by atoms with Crippen molar-refractivity contribution in [3.8, 4) is 11.5 Å². The van der Waals surface area contributed by atoms with Gasteiger partial charge in [-0.2, -0.15) is 0 Å². The molecule has 0 aliphatic heterocycles. The highest BCUT2D eigenvalue weighted by Crippen LogP contribution is 2.21. The monoisotopic (exact) mass is 255 g/mol. The second-order valence-corrected chi connectivity index (χ2v) is 4.77. The van der Waals surface area contributed by atoms with Crippen LogP contribution in [-0.2, 0) is 6.42 Å². The van der Waals surface area contributed by atoms with Crippen molar-refractivity contribution in [3.05, 3.63) is 60.2 Å². The number of ether oxygens (including phenoxy) is 1. The highest BCUT2D eigenvalue weighted by molar-refractivity contribution is 5.32. The van der Waals surface area contributed by atoms with Gasteiger partial charge in [0, 0.05) is 6.04 Å². The fraction of sp³-hybridized carbons (Fsp3) is 0.294. The van der Waals surface area contributed by atoms with Crippen molar-refractivity contribution in [2.75, 3.05) is 0 Å². The van der Waals surface area contributed by atoms with Crippen LogP contribution in [0.4, 0.5) is 0 Å². The number of para-hydroxylation sites is 1. The van der Waals surface area contributed by atoms with E-state index in [-0.39, 0.29) is 0 Å². The van der Waals surface area contributed by atoms with Crippen molar-refractivity contribution in [1.29, 1.82) is 0 Å². The molecule has 0 fully saturated rings. The van der Waals surface area contributed by atoms with E-state index in [0.29, 0.717) is 6.04 Å². The summed E-state index contributed by atoms with van der Waals surface area (Å²) in [4.78, 5) is 0. The molecule has 0 radical (unpaired) electrons. The molecule has 0 saturated heterocycles. The van der Waals surface area contributed by atoms with Gasteiger partial charge in [-0.1, -0.05) is 37.3 Å². The van der Waals surface area contributed by atoms with Crippen molar-refractivity contribution < 1.29 is 4.74 Å². The molecular weight excluding hydrogens is 234 g/mol. The van der Waals surface area contributed by atoms with Gasteiger partial charge in [0.2, 0.25) is 0 Å². The van der Waals surface area contributed by atoms with Crippen molar-refractivity contribution in [2.45, 2.75) is 32.2 Å².